The first kappa shape index (κ1) is 24.3. The molecule has 0 saturated carbocycles. The highest BCUT2D eigenvalue weighted by atomic mass is 19.1. The number of nitriles is 3. The first-order valence-corrected chi connectivity index (χ1v) is 11.1. The molecule has 0 bridgehead atoms. The van der Waals surface area contributed by atoms with Crippen LogP contribution in [0.2, 0.25) is 0 Å². The molecule has 1 heterocycles. The van der Waals surface area contributed by atoms with Crippen LogP contribution in [-0.2, 0) is 11.3 Å². The molecule has 4 rings (SSSR count). The van der Waals surface area contributed by atoms with E-state index < -0.39 is 29.2 Å². The van der Waals surface area contributed by atoms with Crippen LogP contribution in [0.1, 0.15) is 17.0 Å². The fourth-order valence-electron chi connectivity index (χ4n) is 4.87. The van der Waals surface area contributed by atoms with E-state index in [2.05, 4.69) is 0 Å². The van der Waals surface area contributed by atoms with Crippen LogP contribution in [-0.4, -0.2) is 31.2 Å². The highest BCUT2D eigenvalue weighted by Crippen LogP contribution is 2.54. The van der Waals surface area contributed by atoms with Gasteiger partial charge in [-0.1, -0.05) is 36.4 Å². The third-order valence-electron chi connectivity index (χ3n) is 6.67. The normalized spacial score (nSPS) is 20.2. The molecule has 8 nitrogen and oxygen atoms in total. The van der Waals surface area contributed by atoms with Crippen LogP contribution in [0.3, 0.4) is 0 Å². The van der Waals surface area contributed by atoms with Crippen molar-refractivity contribution in [3.63, 3.8) is 0 Å². The molecule has 9 heteroatoms. The maximum absolute atomic E-state index is 15.2. The zero-order valence-electron chi connectivity index (χ0n) is 19.4. The average molecular weight is 484 g/mol. The Morgan fingerprint density at radius 2 is 1.92 bits per heavy atom. The molecule has 2 aliphatic rings. The van der Waals surface area contributed by atoms with Crippen molar-refractivity contribution >= 4 is 6.09 Å². The summed E-state index contributed by atoms with van der Waals surface area (Å²) < 4.78 is 25.9. The number of allylic oxidation sites excluding steroid dienone is 2. The minimum absolute atomic E-state index is 0.0000396. The van der Waals surface area contributed by atoms with Gasteiger partial charge in [0.1, 0.15) is 24.2 Å². The Morgan fingerprint density at radius 1 is 1.19 bits per heavy atom. The van der Waals surface area contributed by atoms with E-state index in [4.69, 9.17) is 15.2 Å². The largest absolute Gasteiger partial charge is 0.497 e. The second-order valence-electron chi connectivity index (χ2n) is 8.51. The number of ether oxygens (including phenoxy) is 2. The van der Waals surface area contributed by atoms with Crippen LogP contribution >= 0.6 is 0 Å². The van der Waals surface area contributed by atoms with Crippen molar-refractivity contribution in [1.29, 1.82) is 15.8 Å². The molecule has 0 spiro atoms. The molecule has 1 aliphatic carbocycles. The van der Waals surface area contributed by atoms with Crippen LogP contribution in [0.5, 0.6) is 5.75 Å². The number of amides is 1. The third kappa shape index (κ3) is 4.00. The summed E-state index contributed by atoms with van der Waals surface area (Å²) in [6, 6.07) is 19.1. The quantitative estimate of drug-likeness (QED) is 0.696. The van der Waals surface area contributed by atoms with Gasteiger partial charge in [0.25, 0.3) is 0 Å². The summed E-state index contributed by atoms with van der Waals surface area (Å²) in [5, 5.41) is 30.2. The molecule has 0 fully saturated rings. The molecule has 180 valence electrons. The van der Waals surface area contributed by atoms with Gasteiger partial charge >= 0.3 is 6.09 Å². The number of halogens is 1. The maximum Gasteiger partial charge on any atom is 0.410 e. The van der Waals surface area contributed by atoms with E-state index >= 15 is 4.39 Å². The summed E-state index contributed by atoms with van der Waals surface area (Å²) in [7, 11) is 1.41. The van der Waals surface area contributed by atoms with Crippen LogP contribution in [0.4, 0.5) is 9.18 Å². The topological polar surface area (TPSA) is 136 Å². The number of hydrogen-bond donors (Lipinski definition) is 1. The summed E-state index contributed by atoms with van der Waals surface area (Å²) >= 11 is 0. The molecular formula is C27H22FN5O3. The molecule has 1 amide bonds. The number of carbonyl (C=O) groups is 1. The van der Waals surface area contributed by atoms with E-state index in [0.29, 0.717) is 11.3 Å². The molecular weight excluding hydrogens is 461 g/mol. The van der Waals surface area contributed by atoms with E-state index in [-0.39, 0.29) is 36.5 Å². The smallest absolute Gasteiger partial charge is 0.410 e. The number of rotatable bonds is 4. The van der Waals surface area contributed by atoms with Gasteiger partial charge in [-0.25, -0.2) is 9.18 Å². The molecule has 2 unspecified atom stereocenters. The standard InChI is InChI=1S/C27H22FN5O3/c1-35-18-7-8-23(28)20(11-18)24-22-13-33(26(34)36-14-17-5-3-2-4-6-17)10-9-19(22)21(12-29)25(32)27(24,15-30)16-31/h2-9,11,22,24H,10,13-14,32H2,1H3. The Hall–Kier alpha value is -4.81. The Labute approximate surface area is 207 Å². The predicted octanol–water partition coefficient (Wildman–Crippen LogP) is 3.90. The SMILES string of the molecule is COc1ccc(F)c(C2C3CN(C(=O)OCc4ccccc4)CC=C3C(C#N)=C(N)C2(C#N)C#N)c1. The molecule has 1 aliphatic heterocycles. The highest BCUT2D eigenvalue weighted by molar-refractivity contribution is 5.69. The third-order valence-corrected chi connectivity index (χ3v) is 6.67. The first-order valence-electron chi connectivity index (χ1n) is 11.1. The van der Waals surface area contributed by atoms with Gasteiger partial charge in [-0.05, 0) is 34.9 Å². The van der Waals surface area contributed by atoms with Gasteiger partial charge in [-0.3, -0.25) is 0 Å². The van der Waals surface area contributed by atoms with Crippen molar-refractivity contribution < 1.29 is 18.7 Å². The van der Waals surface area contributed by atoms with Crippen molar-refractivity contribution in [3.05, 3.63) is 88.4 Å². The lowest BCUT2D eigenvalue weighted by Gasteiger charge is -2.45. The Balaban J connectivity index is 1.78. The van der Waals surface area contributed by atoms with Crippen LogP contribution in [0, 0.1) is 51.1 Å². The van der Waals surface area contributed by atoms with E-state index in [1.165, 1.54) is 30.2 Å². The zero-order valence-corrected chi connectivity index (χ0v) is 19.4. The number of methoxy groups -OCH3 is 1. The Kier molecular flexibility index (Phi) is 6.63. The fraction of sp³-hybridized carbons (Fsp3) is 0.259. The van der Waals surface area contributed by atoms with Crippen LogP contribution in [0.15, 0.2) is 71.5 Å². The van der Waals surface area contributed by atoms with E-state index in [1.807, 2.05) is 48.5 Å². The van der Waals surface area contributed by atoms with Crippen LogP contribution in [0.25, 0.3) is 0 Å². The summed E-state index contributed by atoms with van der Waals surface area (Å²) in [5.74, 6) is -2.22. The lowest BCUT2D eigenvalue weighted by atomic mass is 9.58. The number of nitrogens with zero attached hydrogens (tertiary/aromatic N) is 4. The van der Waals surface area contributed by atoms with Gasteiger partial charge < -0.3 is 20.1 Å². The maximum atomic E-state index is 15.2. The molecule has 2 aromatic rings. The number of fused-ring (bicyclic) bond motifs is 1. The Morgan fingerprint density at radius 3 is 2.56 bits per heavy atom. The Bertz CT molecular complexity index is 1370. The van der Waals surface area contributed by atoms with Gasteiger partial charge in [-0.2, -0.15) is 15.8 Å². The van der Waals surface area contributed by atoms with Gasteiger partial charge in [-0.15, -0.1) is 0 Å². The molecule has 0 radical (unpaired) electrons. The van der Waals surface area contributed by atoms with Gasteiger partial charge in [0.2, 0.25) is 0 Å². The van der Waals surface area contributed by atoms with Crippen molar-refractivity contribution in [2.75, 3.05) is 20.2 Å². The van der Waals surface area contributed by atoms with Crippen molar-refractivity contribution in [3.8, 4) is 24.0 Å². The number of nitrogens with two attached hydrogens (primary N) is 1. The highest BCUT2D eigenvalue weighted by Gasteiger charge is 2.55. The zero-order chi connectivity index (χ0) is 25.9. The van der Waals surface area contributed by atoms with Crippen molar-refractivity contribution in [1.82, 2.24) is 4.90 Å². The van der Waals surface area contributed by atoms with E-state index in [9.17, 15) is 20.6 Å². The minimum Gasteiger partial charge on any atom is -0.497 e. The molecule has 2 aromatic carbocycles. The first-order chi connectivity index (χ1) is 17.4. The average Bonchev–Trinajstić information content (AvgIpc) is 2.92. The van der Waals surface area contributed by atoms with Gasteiger partial charge in [0, 0.05) is 24.9 Å². The molecule has 2 N–H and O–H groups in total. The van der Waals surface area contributed by atoms with E-state index in [0.717, 1.165) is 5.56 Å². The fourth-order valence-corrected chi connectivity index (χ4v) is 4.87. The molecule has 36 heavy (non-hydrogen) atoms. The van der Waals surface area contributed by atoms with E-state index in [1.54, 1.807) is 6.08 Å². The van der Waals surface area contributed by atoms with Crippen LogP contribution < -0.4 is 10.5 Å². The second kappa shape index (κ2) is 9.82. The van der Waals surface area contributed by atoms with Crippen molar-refractivity contribution in [2.45, 2.75) is 12.5 Å². The summed E-state index contributed by atoms with van der Waals surface area (Å²) in [4.78, 5) is 14.3. The number of benzene rings is 2. The molecule has 0 aromatic heterocycles. The lowest BCUT2D eigenvalue weighted by Crippen LogP contribution is -2.49. The predicted molar refractivity (Wildman–Crippen MR) is 126 cm³/mol. The summed E-state index contributed by atoms with van der Waals surface area (Å²) in [5.41, 5.74) is 5.30. The number of carbonyl (C=O) groups excluding carboxylic acids is 1. The van der Waals surface area contributed by atoms with Gasteiger partial charge in [0.05, 0.1) is 30.5 Å². The van der Waals surface area contributed by atoms with Gasteiger partial charge in [0.15, 0.2) is 5.41 Å². The molecule has 2 atom stereocenters. The molecule has 0 saturated heterocycles. The lowest BCUT2D eigenvalue weighted by molar-refractivity contribution is 0.0897. The minimum atomic E-state index is -2.04. The second-order valence-corrected chi connectivity index (χ2v) is 8.51. The summed E-state index contributed by atoms with van der Waals surface area (Å²) in [6.07, 6.45) is 1.03. The monoisotopic (exact) mass is 483 g/mol. The van der Waals surface area contributed by atoms with Crippen molar-refractivity contribution in [2.24, 2.45) is 17.1 Å². The number of hydrogen-bond acceptors (Lipinski definition) is 7. The summed E-state index contributed by atoms with van der Waals surface area (Å²) in [6.45, 7) is 0.170.